The molecule has 5 heteroatoms. The number of carbonyl (C=O) groups is 1. The van der Waals surface area contributed by atoms with Crippen molar-refractivity contribution >= 4 is 23.4 Å². The molecule has 19 heavy (non-hydrogen) atoms. The van der Waals surface area contributed by atoms with Crippen LogP contribution >= 0.6 is 11.6 Å². The molecule has 1 aromatic carbocycles. The van der Waals surface area contributed by atoms with Crippen LogP contribution in [0, 0.1) is 6.92 Å². The Morgan fingerprint density at radius 3 is 2.84 bits per heavy atom. The van der Waals surface area contributed by atoms with Crippen molar-refractivity contribution in [2.24, 2.45) is 0 Å². The number of anilines is 1. The molecule has 2 rings (SSSR count). The van der Waals surface area contributed by atoms with E-state index < -0.39 is 6.09 Å². The highest BCUT2D eigenvalue weighted by molar-refractivity contribution is 6.29. The fourth-order valence-corrected chi connectivity index (χ4v) is 1.66. The molecule has 1 aromatic heterocycles. The maximum atomic E-state index is 11.7. The van der Waals surface area contributed by atoms with E-state index in [0.717, 1.165) is 11.1 Å². The first-order valence-corrected chi connectivity index (χ1v) is 6.13. The zero-order valence-corrected chi connectivity index (χ0v) is 11.1. The Labute approximate surface area is 116 Å². The SMILES string of the molecule is Cc1cnc(Cl)cc1NC(=O)OCc1ccccc1. The van der Waals surface area contributed by atoms with Crippen LogP contribution in [0.15, 0.2) is 42.6 Å². The molecular weight excluding hydrogens is 264 g/mol. The number of benzene rings is 1. The summed E-state index contributed by atoms with van der Waals surface area (Å²) in [6, 6.07) is 11.1. The summed E-state index contributed by atoms with van der Waals surface area (Å²) in [5.74, 6) is 0. The topological polar surface area (TPSA) is 51.2 Å². The lowest BCUT2D eigenvalue weighted by Gasteiger charge is -2.09. The van der Waals surface area contributed by atoms with Crippen LogP contribution in [0.1, 0.15) is 11.1 Å². The van der Waals surface area contributed by atoms with Crippen molar-refractivity contribution in [2.75, 3.05) is 5.32 Å². The van der Waals surface area contributed by atoms with Gasteiger partial charge < -0.3 is 4.74 Å². The van der Waals surface area contributed by atoms with Crippen LogP contribution in [0.25, 0.3) is 0 Å². The van der Waals surface area contributed by atoms with E-state index in [0.29, 0.717) is 10.8 Å². The second kappa shape index (κ2) is 6.20. The fourth-order valence-electron chi connectivity index (χ4n) is 1.50. The molecule has 1 amide bonds. The average molecular weight is 277 g/mol. The van der Waals surface area contributed by atoms with Gasteiger partial charge in [0.25, 0.3) is 0 Å². The van der Waals surface area contributed by atoms with Crippen LogP contribution < -0.4 is 5.32 Å². The van der Waals surface area contributed by atoms with Crippen LogP contribution in [0.3, 0.4) is 0 Å². The van der Waals surface area contributed by atoms with Gasteiger partial charge in [-0.2, -0.15) is 0 Å². The highest BCUT2D eigenvalue weighted by atomic mass is 35.5. The highest BCUT2D eigenvalue weighted by Gasteiger charge is 2.07. The molecule has 0 atom stereocenters. The summed E-state index contributed by atoms with van der Waals surface area (Å²) in [6.07, 6.45) is 1.07. The number of pyridine rings is 1. The first-order chi connectivity index (χ1) is 9.15. The van der Waals surface area contributed by atoms with Crippen LogP contribution in [-0.2, 0) is 11.3 Å². The lowest BCUT2D eigenvalue weighted by atomic mass is 10.2. The molecular formula is C14H13ClN2O2. The third-order valence-corrected chi connectivity index (χ3v) is 2.73. The first-order valence-electron chi connectivity index (χ1n) is 5.75. The number of halogens is 1. The quantitative estimate of drug-likeness (QED) is 0.868. The van der Waals surface area contributed by atoms with Crippen molar-refractivity contribution in [1.29, 1.82) is 0 Å². The predicted octanol–water partition coefficient (Wildman–Crippen LogP) is 3.79. The second-order valence-electron chi connectivity index (χ2n) is 4.01. The molecule has 0 aliphatic rings. The molecule has 1 heterocycles. The summed E-state index contributed by atoms with van der Waals surface area (Å²) >= 11 is 5.77. The van der Waals surface area contributed by atoms with Crippen LogP contribution in [0.4, 0.5) is 10.5 Å². The smallest absolute Gasteiger partial charge is 0.411 e. The lowest BCUT2D eigenvalue weighted by molar-refractivity contribution is 0.155. The number of rotatable bonds is 3. The van der Waals surface area contributed by atoms with E-state index in [2.05, 4.69) is 10.3 Å². The lowest BCUT2D eigenvalue weighted by Crippen LogP contribution is -2.14. The summed E-state index contributed by atoms with van der Waals surface area (Å²) in [6.45, 7) is 2.06. The van der Waals surface area contributed by atoms with E-state index in [-0.39, 0.29) is 6.61 Å². The number of amides is 1. The molecule has 0 fully saturated rings. The van der Waals surface area contributed by atoms with Crippen LogP contribution in [0.2, 0.25) is 5.15 Å². The van der Waals surface area contributed by atoms with Crippen molar-refractivity contribution in [3.8, 4) is 0 Å². The molecule has 4 nitrogen and oxygen atoms in total. The number of ether oxygens (including phenoxy) is 1. The summed E-state index contributed by atoms with van der Waals surface area (Å²) in [4.78, 5) is 15.6. The van der Waals surface area contributed by atoms with Gasteiger partial charge in [0.1, 0.15) is 11.8 Å². The Morgan fingerprint density at radius 2 is 2.11 bits per heavy atom. The number of aryl methyl sites for hydroxylation is 1. The van der Waals surface area contributed by atoms with Gasteiger partial charge in [0.05, 0.1) is 5.69 Å². The molecule has 0 bridgehead atoms. The molecule has 0 saturated heterocycles. The minimum Gasteiger partial charge on any atom is -0.444 e. The van der Waals surface area contributed by atoms with E-state index in [4.69, 9.17) is 16.3 Å². The highest BCUT2D eigenvalue weighted by Crippen LogP contribution is 2.17. The molecule has 2 aromatic rings. The van der Waals surface area contributed by atoms with E-state index in [1.54, 1.807) is 12.3 Å². The molecule has 1 N–H and O–H groups in total. The Balaban J connectivity index is 1.93. The molecule has 0 radical (unpaired) electrons. The molecule has 0 unspecified atom stereocenters. The Bertz CT molecular complexity index is 573. The zero-order chi connectivity index (χ0) is 13.7. The van der Waals surface area contributed by atoms with Gasteiger partial charge in [-0.05, 0) is 24.1 Å². The molecule has 0 aliphatic carbocycles. The van der Waals surface area contributed by atoms with Crippen molar-refractivity contribution < 1.29 is 9.53 Å². The van der Waals surface area contributed by atoms with E-state index in [1.165, 1.54) is 0 Å². The van der Waals surface area contributed by atoms with Crippen molar-refractivity contribution in [3.63, 3.8) is 0 Å². The number of hydrogen-bond acceptors (Lipinski definition) is 3. The summed E-state index contributed by atoms with van der Waals surface area (Å²) in [5, 5.41) is 2.96. The van der Waals surface area contributed by atoms with E-state index >= 15 is 0 Å². The maximum absolute atomic E-state index is 11.7. The van der Waals surface area contributed by atoms with Crippen molar-refractivity contribution in [1.82, 2.24) is 4.98 Å². The normalized spacial score (nSPS) is 10.0. The first kappa shape index (κ1) is 13.4. The van der Waals surface area contributed by atoms with E-state index in [9.17, 15) is 4.79 Å². The Hall–Kier alpha value is -2.07. The standard InChI is InChI=1S/C14H13ClN2O2/c1-10-8-16-13(15)7-12(10)17-14(18)19-9-11-5-3-2-4-6-11/h2-8H,9H2,1H3,(H,16,17,18). The third-order valence-electron chi connectivity index (χ3n) is 2.52. The van der Waals surface area contributed by atoms with Crippen LogP contribution in [0.5, 0.6) is 0 Å². The van der Waals surface area contributed by atoms with Crippen molar-refractivity contribution in [2.45, 2.75) is 13.5 Å². The molecule has 0 spiro atoms. The van der Waals surface area contributed by atoms with Crippen LogP contribution in [-0.4, -0.2) is 11.1 Å². The largest absolute Gasteiger partial charge is 0.444 e. The number of carbonyl (C=O) groups excluding carboxylic acids is 1. The van der Waals surface area contributed by atoms with Gasteiger partial charge in [0, 0.05) is 6.20 Å². The number of hydrogen-bond donors (Lipinski definition) is 1. The second-order valence-corrected chi connectivity index (χ2v) is 4.40. The number of aromatic nitrogens is 1. The van der Waals surface area contributed by atoms with Gasteiger partial charge in [-0.1, -0.05) is 41.9 Å². The summed E-state index contributed by atoms with van der Waals surface area (Å²) in [5.41, 5.74) is 2.35. The van der Waals surface area contributed by atoms with Gasteiger partial charge in [-0.25, -0.2) is 9.78 Å². The summed E-state index contributed by atoms with van der Waals surface area (Å²) in [7, 11) is 0. The maximum Gasteiger partial charge on any atom is 0.411 e. The molecule has 0 saturated carbocycles. The van der Waals surface area contributed by atoms with Gasteiger partial charge in [-0.15, -0.1) is 0 Å². The van der Waals surface area contributed by atoms with E-state index in [1.807, 2.05) is 37.3 Å². The minimum atomic E-state index is -0.519. The Morgan fingerprint density at radius 1 is 1.37 bits per heavy atom. The minimum absolute atomic E-state index is 0.227. The van der Waals surface area contributed by atoms with Crippen molar-refractivity contribution in [3.05, 3.63) is 58.9 Å². The number of nitrogens with one attached hydrogen (secondary N) is 1. The molecule has 0 aliphatic heterocycles. The monoisotopic (exact) mass is 276 g/mol. The number of nitrogens with zero attached hydrogens (tertiary/aromatic N) is 1. The third kappa shape index (κ3) is 3.96. The van der Waals surface area contributed by atoms with Gasteiger partial charge in [0.15, 0.2) is 0 Å². The zero-order valence-electron chi connectivity index (χ0n) is 10.4. The average Bonchev–Trinajstić information content (AvgIpc) is 2.42. The summed E-state index contributed by atoms with van der Waals surface area (Å²) < 4.78 is 5.11. The molecule has 98 valence electrons. The van der Waals surface area contributed by atoms with Gasteiger partial charge in [-0.3, -0.25) is 5.32 Å². The van der Waals surface area contributed by atoms with Gasteiger partial charge >= 0.3 is 6.09 Å². The predicted molar refractivity (Wildman–Crippen MR) is 74.2 cm³/mol. The fraction of sp³-hybridized carbons (Fsp3) is 0.143. The Kier molecular flexibility index (Phi) is 4.36. The van der Waals surface area contributed by atoms with Gasteiger partial charge in [0.2, 0.25) is 0 Å².